The first-order chi connectivity index (χ1) is 19.9. The third kappa shape index (κ3) is 34.2. The highest BCUT2D eigenvalue weighted by atomic mass is 16.4. The van der Waals surface area contributed by atoms with Gasteiger partial charge in [-0.1, -0.05) is 90.9 Å². The molecule has 0 fully saturated rings. The fraction of sp³-hybridized carbons (Fsp3) is 0.903. The summed E-state index contributed by atoms with van der Waals surface area (Å²) in [6.45, 7) is 9.28. The topological polar surface area (TPSA) is 144 Å². The molecule has 0 aliphatic carbocycles. The summed E-state index contributed by atoms with van der Waals surface area (Å²) in [6.07, 6.45) is 20.1. The van der Waals surface area contributed by atoms with E-state index in [0.29, 0.717) is 19.5 Å². The molecule has 0 saturated heterocycles. The molecule has 242 valence electrons. The Balaban J connectivity index is 3.29. The summed E-state index contributed by atoms with van der Waals surface area (Å²) in [7, 11) is 0. The molecule has 41 heavy (non-hydrogen) atoms. The van der Waals surface area contributed by atoms with Crippen LogP contribution >= 0.6 is 0 Å². The molecule has 3 amide bonds. The van der Waals surface area contributed by atoms with Crippen LogP contribution in [-0.2, 0) is 9.59 Å². The molecule has 0 aromatic heterocycles. The number of amides is 3. The zero-order valence-corrected chi connectivity index (χ0v) is 26.4. The number of unbranched alkanes of at least 4 members (excludes halogenated alkanes) is 12. The van der Waals surface area contributed by atoms with E-state index in [-0.39, 0.29) is 18.4 Å². The predicted octanol–water partition coefficient (Wildman–Crippen LogP) is 4.85. The van der Waals surface area contributed by atoms with Crippen LogP contribution in [0.2, 0.25) is 0 Å². The normalized spacial score (nSPS) is 11.1. The molecule has 0 unspecified atom stereocenters. The molecule has 0 bridgehead atoms. The Kier molecular flexibility index (Phi) is 29.6. The maximum atomic E-state index is 11.9. The molecular weight excluding hydrogens is 520 g/mol. The van der Waals surface area contributed by atoms with Gasteiger partial charge in [-0.15, -0.1) is 0 Å². The van der Waals surface area contributed by atoms with Gasteiger partial charge in [0.1, 0.15) is 0 Å². The second kappa shape index (κ2) is 31.0. The summed E-state index contributed by atoms with van der Waals surface area (Å²) in [4.78, 5) is 34.1. The third-order valence-corrected chi connectivity index (χ3v) is 7.03. The van der Waals surface area contributed by atoms with E-state index in [9.17, 15) is 14.4 Å². The highest BCUT2D eigenvalue weighted by Crippen LogP contribution is 2.14. The Morgan fingerprint density at radius 1 is 0.537 bits per heavy atom. The van der Waals surface area contributed by atoms with Crippen molar-refractivity contribution in [3.8, 4) is 0 Å². The first kappa shape index (κ1) is 39.1. The van der Waals surface area contributed by atoms with Crippen LogP contribution < -0.4 is 32.1 Å². The number of rotatable bonds is 31. The average molecular weight is 585 g/mol. The second-order valence-corrected chi connectivity index (χ2v) is 11.6. The lowest BCUT2D eigenvalue weighted by Gasteiger charge is -2.09. The Bertz CT molecular complexity index is 621. The van der Waals surface area contributed by atoms with Gasteiger partial charge in [0.15, 0.2) is 0 Å². The van der Waals surface area contributed by atoms with Crippen molar-refractivity contribution in [2.75, 3.05) is 45.8 Å². The largest absolute Gasteiger partial charge is 0.465 e. The fourth-order valence-electron chi connectivity index (χ4n) is 4.55. The van der Waals surface area contributed by atoms with Crippen LogP contribution in [0, 0.1) is 5.92 Å². The Labute approximate surface area is 250 Å². The first-order valence-electron chi connectivity index (χ1n) is 16.6. The van der Waals surface area contributed by atoms with E-state index in [0.717, 1.165) is 70.6 Å². The van der Waals surface area contributed by atoms with Crippen LogP contribution in [0.15, 0.2) is 0 Å². The summed E-state index contributed by atoms with van der Waals surface area (Å²) < 4.78 is 0. The molecule has 0 rings (SSSR count). The van der Waals surface area contributed by atoms with E-state index < -0.39 is 6.09 Å². The van der Waals surface area contributed by atoms with E-state index in [1.54, 1.807) is 0 Å². The maximum absolute atomic E-state index is 11.9. The summed E-state index contributed by atoms with van der Waals surface area (Å²) in [5.41, 5.74) is 5.35. The van der Waals surface area contributed by atoms with E-state index in [4.69, 9.17) is 5.11 Å². The molecular formula is C31H64N6O4. The van der Waals surface area contributed by atoms with Gasteiger partial charge in [-0.25, -0.2) is 10.2 Å². The van der Waals surface area contributed by atoms with Gasteiger partial charge in [0, 0.05) is 19.5 Å². The molecule has 0 aliphatic heterocycles. The molecule has 0 atom stereocenters. The monoisotopic (exact) mass is 584 g/mol. The predicted molar refractivity (Wildman–Crippen MR) is 169 cm³/mol. The van der Waals surface area contributed by atoms with Crippen LogP contribution in [0.5, 0.6) is 0 Å². The zero-order valence-electron chi connectivity index (χ0n) is 26.4. The molecule has 0 aromatic rings. The Hall–Kier alpha value is -1.91. The number of carbonyl (C=O) groups excluding carboxylic acids is 2. The van der Waals surface area contributed by atoms with Gasteiger partial charge < -0.3 is 26.4 Å². The van der Waals surface area contributed by atoms with Gasteiger partial charge in [0.2, 0.25) is 11.8 Å². The molecule has 10 heteroatoms. The summed E-state index contributed by atoms with van der Waals surface area (Å²) in [5.74, 6) is 0.664. The van der Waals surface area contributed by atoms with Crippen LogP contribution in [0.4, 0.5) is 4.79 Å². The van der Waals surface area contributed by atoms with E-state index in [1.807, 2.05) is 0 Å². The molecule has 7 N–H and O–H groups in total. The molecule has 0 aliphatic rings. The second-order valence-electron chi connectivity index (χ2n) is 11.6. The fourth-order valence-corrected chi connectivity index (χ4v) is 4.55. The highest BCUT2D eigenvalue weighted by molar-refractivity contribution is 5.79. The van der Waals surface area contributed by atoms with Crippen LogP contribution in [0.3, 0.4) is 0 Å². The van der Waals surface area contributed by atoms with E-state index in [2.05, 4.69) is 46.0 Å². The minimum Gasteiger partial charge on any atom is -0.465 e. The number of hydrogen-bond donors (Lipinski definition) is 7. The lowest BCUT2D eigenvalue weighted by molar-refractivity contribution is -0.123. The number of hydrazine groups is 1. The zero-order chi connectivity index (χ0) is 30.2. The van der Waals surface area contributed by atoms with Crippen molar-refractivity contribution in [2.24, 2.45) is 5.92 Å². The minimum atomic E-state index is -0.976. The average Bonchev–Trinajstić information content (AvgIpc) is 2.93. The number of nitrogens with one attached hydrogen (secondary N) is 6. The van der Waals surface area contributed by atoms with Crippen molar-refractivity contribution < 1.29 is 19.5 Å². The molecule has 0 radical (unpaired) electrons. The van der Waals surface area contributed by atoms with Crippen LogP contribution in [-0.4, -0.2) is 68.8 Å². The van der Waals surface area contributed by atoms with Crippen molar-refractivity contribution in [3.63, 3.8) is 0 Å². The number of carbonyl (C=O) groups is 3. The summed E-state index contributed by atoms with van der Waals surface area (Å²) >= 11 is 0. The summed E-state index contributed by atoms with van der Waals surface area (Å²) in [6, 6.07) is 0. The van der Waals surface area contributed by atoms with Crippen molar-refractivity contribution in [1.29, 1.82) is 0 Å². The van der Waals surface area contributed by atoms with Gasteiger partial charge in [0.25, 0.3) is 0 Å². The first-order valence-corrected chi connectivity index (χ1v) is 16.6. The lowest BCUT2D eigenvalue weighted by Crippen LogP contribution is -2.44. The van der Waals surface area contributed by atoms with Gasteiger partial charge in [-0.2, -0.15) is 0 Å². The van der Waals surface area contributed by atoms with Gasteiger partial charge in [-0.05, 0) is 64.2 Å². The smallest absolute Gasteiger partial charge is 0.404 e. The highest BCUT2D eigenvalue weighted by Gasteiger charge is 2.04. The van der Waals surface area contributed by atoms with Gasteiger partial charge >= 0.3 is 6.09 Å². The van der Waals surface area contributed by atoms with Gasteiger partial charge in [0.05, 0.1) is 6.54 Å². The molecule has 0 saturated carbocycles. The quantitative estimate of drug-likeness (QED) is 0.0456. The van der Waals surface area contributed by atoms with Gasteiger partial charge in [-0.3, -0.25) is 15.0 Å². The number of carboxylic acid groups (broad SMARTS) is 1. The SMILES string of the molecule is CC(C)CCCCCCCCCCCCCCC(=O)NNCC(=O)NCCCNCCCCNCCCNC(=O)O. The maximum Gasteiger partial charge on any atom is 0.404 e. The molecule has 0 heterocycles. The summed E-state index contributed by atoms with van der Waals surface area (Å²) in [5, 5.41) is 20.3. The Morgan fingerprint density at radius 3 is 1.51 bits per heavy atom. The minimum absolute atomic E-state index is 0.0548. The Morgan fingerprint density at radius 2 is 1.00 bits per heavy atom. The number of hydrogen-bond acceptors (Lipinski definition) is 6. The van der Waals surface area contributed by atoms with Crippen LogP contribution in [0.1, 0.15) is 129 Å². The third-order valence-electron chi connectivity index (χ3n) is 7.03. The van der Waals surface area contributed by atoms with E-state index >= 15 is 0 Å². The van der Waals surface area contributed by atoms with Crippen LogP contribution in [0.25, 0.3) is 0 Å². The molecule has 10 nitrogen and oxygen atoms in total. The van der Waals surface area contributed by atoms with Crippen molar-refractivity contribution in [1.82, 2.24) is 32.1 Å². The van der Waals surface area contributed by atoms with Crippen molar-refractivity contribution >= 4 is 17.9 Å². The van der Waals surface area contributed by atoms with Crippen molar-refractivity contribution in [3.05, 3.63) is 0 Å². The lowest BCUT2D eigenvalue weighted by atomic mass is 10.0. The molecule has 0 aromatic carbocycles. The van der Waals surface area contributed by atoms with Crippen molar-refractivity contribution in [2.45, 2.75) is 129 Å². The standard InChI is InChI=1S/C31H64N6O4/c1-28(2)19-13-11-9-7-5-3-4-6-8-10-12-14-20-29(38)37-36-27-30(39)34-25-17-23-32-21-15-16-22-33-24-18-26-35-31(40)41/h28,32-33,35-36H,3-27H2,1-2H3,(H,34,39)(H,37,38)(H,40,41). The van der Waals surface area contributed by atoms with E-state index in [1.165, 1.54) is 70.6 Å². The molecule has 0 spiro atoms.